The van der Waals surface area contributed by atoms with E-state index in [4.69, 9.17) is 10.5 Å². The summed E-state index contributed by atoms with van der Waals surface area (Å²) in [5, 5.41) is 10.6. The molecule has 0 fully saturated rings. The molecule has 6 N–H and O–H groups in total. The van der Waals surface area contributed by atoms with Gasteiger partial charge in [-0.1, -0.05) is 26.0 Å². The Bertz CT molecular complexity index is 979. The number of benzene rings is 1. The molecule has 5 amide bonds. The molecule has 0 saturated heterocycles. The van der Waals surface area contributed by atoms with Crippen LogP contribution in [-0.2, 0) is 35.3 Å². The van der Waals surface area contributed by atoms with Gasteiger partial charge >= 0.3 is 12.0 Å². The van der Waals surface area contributed by atoms with Gasteiger partial charge < -0.3 is 36.5 Å². The van der Waals surface area contributed by atoms with Gasteiger partial charge in [0.2, 0.25) is 17.7 Å². The molecule has 0 aromatic heterocycles. The van der Waals surface area contributed by atoms with Crippen molar-refractivity contribution in [1.29, 1.82) is 0 Å². The maximum absolute atomic E-state index is 13.1. The number of amides is 5. The molecule has 210 valence electrons. The van der Waals surface area contributed by atoms with Crippen molar-refractivity contribution in [2.75, 3.05) is 11.9 Å². The summed E-state index contributed by atoms with van der Waals surface area (Å²) >= 11 is 0. The molecule has 0 spiro atoms. The van der Waals surface area contributed by atoms with E-state index in [1.54, 1.807) is 38.1 Å². The first-order valence-corrected chi connectivity index (χ1v) is 12.5. The lowest BCUT2D eigenvalue weighted by atomic mass is 10.0. The predicted molar refractivity (Wildman–Crippen MR) is 141 cm³/mol. The third-order valence-corrected chi connectivity index (χ3v) is 5.46. The van der Waals surface area contributed by atoms with Gasteiger partial charge in [0.05, 0.1) is 0 Å². The van der Waals surface area contributed by atoms with Crippen LogP contribution in [0.1, 0.15) is 65.4 Å². The number of ether oxygens (including phenoxy) is 1. The van der Waals surface area contributed by atoms with Crippen LogP contribution < -0.4 is 27.0 Å². The van der Waals surface area contributed by atoms with Crippen molar-refractivity contribution in [3.05, 3.63) is 29.8 Å². The second-order valence-electron chi connectivity index (χ2n) is 9.31. The predicted octanol–water partition coefficient (Wildman–Crippen LogP) is 1.52. The van der Waals surface area contributed by atoms with Gasteiger partial charge in [0.25, 0.3) is 0 Å². The second kappa shape index (κ2) is 16.7. The van der Waals surface area contributed by atoms with Crippen LogP contribution in [0.4, 0.5) is 10.5 Å². The summed E-state index contributed by atoms with van der Waals surface area (Å²) in [6, 6.07) is 4.12. The lowest BCUT2D eigenvalue weighted by Gasteiger charge is -2.25. The van der Waals surface area contributed by atoms with Crippen LogP contribution in [0.15, 0.2) is 24.3 Å². The lowest BCUT2D eigenvalue weighted by Crippen LogP contribution is -2.54. The fraction of sp³-hybridized carbons (Fsp3) is 0.538. The Morgan fingerprint density at radius 2 is 1.55 bits per heavy atom. The van der Waals surface area contributed by atoms with Crippen LogP contribution in [0, 0.1) is 5.92 Å². The summed E-state index contributed by atoms with van der Waals surface area (Å²) < 4.78 is 4.95. The number of hydrogen-bond acceptors (Lipinski definition) is 7. The van der Waals surface area contributed by atoms with Gasteiger partial charge in [-0.2, -0.15) is 0 Å². The number of nitrogens with two attached hydrogens (primary N) is 1. The molecule has 0 aliphatic rings. The number of rotatable bonds is 16. The number of urea groups is 1. The van der Waals surface area contributed by atoms with Gasteiger partial charge in [-0.05, 0) is 49.8 Å². The first-order chi connectivity index (χ1) is 17.9. The Morgan fingerprint density at radius 1 is 0.895 bits per heavy atom. The molecule has 0 aliphatic carbocycles. The largest absolute Gasteiger partial charge is 0.461 e. The minimum absolute atomic E-state index is 0.0188. The van der Waals surface area contributed by atoms with Crippen molar-refractivity contribution in [3.63, 3.8) is 0 Å². The van der Waals surface area contributed by atoms with E-state index in [1.807, 2.05) is 0 Å². The molecule has 1 aromatic carbocycles. The number of hydrogen-bond donors (Lipinski definition) is 5. The van der Waals surface area contributed by atoms with Gasteiger partial charge in [-0.3, -0.25) is 19.2 Å². The highest BCUT2D eigenvalue weighted by Crippen LogP contribution is 2.13. The van der Waals surface area contributed by atoms with Crippen LogP contribution in [0.3, 0.4) is 0 Å². The molecular weight excluding hydrogens is 494 g/mol. The maximum Gasteiger partial charge on any atom is 0.312 e. The summed E-state index contributed by atoms with van der Waals surface area (Å²) in [5.41, 5.74) is 6.29. The summed E-state index contributed by atoms with van der Waals surface area (Å²) in [7, 11) is 0. The minimum atomic E-state index is -0.964. The number of esters is 1. The molecule has 12 nitrogen and oxygen atoms in total. The van der Waals surface area contributed by atoms with Crippen LogP contribution in [0.5, 0.6) is 0 Å². The molecular formula is C26H39N5O7. The molecule has 0 heterocycles. The zero-order chi connectivity index (χ0) is 28.7. The van der Waals surface area contributed by atoms with Crippen molar-refractivity contribution in [2.24, 2.45) is 11.7 Å². The van der Waals surface area contributed by atoms with Crippen LogP contribution >= 0.6 is 0 Å². The smallest absolute Gasteiger partial charge is 0.312 e. The van der Waals surface area contributed by atoms with E-state index in [1.165, 1.54) is 13.8 Å². The van der Waals surface area contributed by atoms with Crippen molar-refractivity contribution in [3.8, 4) is 0 Å². The zero-order valence-corrected chi connectivity index (χ0v) is 22.4. The van der Waals surface area contributed by atoms with Crippen molar-refractivity contribution < 1.29 is 33.5 Å². The van der Waals surface area contributed by atoms with E-state index in [0.717, 1.165) is 5.56 Å². The van der Waals surface area contributed by atoms with Gasteiger partial charge in [0.15, 0.2) is 0 Å². The number of anilines is 1. The highest BCUT2D eigenvalue weighted by molar-refractivity contribution is 5.98. The first kappa shape index (κ1) is 32.1. The van der Waals surface area contributed by atoms with E-state index in [2.05, 4.69) is 21.3 Å². The van der Waals surface area contributed by atoms with Gasteiger partial charge in [0.1, 0.15) is 24.5 Å². The highest BCUT2D eigenvalue weighted by Gasteiger charge is 2.28. The van der Waals surface area contributed by atoms with Crippen molar-refractivity contribution in [2.45, 2.75) is 78.5 Å². The molecule has 0 saturated carbocycles. The summed E-state index contributed by atoms with van der Waals surface area (Å²) in [6.07, 6.45) is 1.31. The number of carbonyl (C=O) groups is 6. The molecule has 38 heavy (non-hydrogen) atoms. The molecule has 1 unspecified atom stereocenters. The van der Waals surface area contributed by atoms with Crippen LogP contribution in [0.2, 0.25) is 0 Å². The van der Waals surface area contributed by atoms with Crippen LogP contribution in [-0.4, -0.2) is 54.1 Å². The second-order valence-corrected chi connectivity index (χ2v) is 9.31. The molecule has 0 aliphatic heterocycles. The van der Waals surface area contributed by atoms with E-state index >= 15 is 0 Å². The highest BCUT2D eigenvalue weighted by atomic mass is 16.5. The van der Waals surface area contributed by atoms with Gasteiger partial charge in [-0.15, -0.1) is 0 Å². The molecule has 0 radical (unpaired) electrons. The van der Waals surface area contributed by atoms with E-state index in [9.17, 15) is 28.8 Å². The maximum atomic E-state index is 13.1. The Morgan fingerprint density at radius 3 is 2.11 bits per heavy atom. The third-order valence-electron chi connectivity index (χ3n) is 5.46. The van der Waals surface area contributed by atoms with Crippen molar-refractivity contribution >= 4 is 41.2 Å². The first-order valence-electron chi connectivity index (χ1n) is 12.5. The average molecular weight is 534 g/mol. The molecule has 12 heteroatoms. The molecule has 2 atom stereocenters. The minimum Gasteiger partial charge on any atom is -0.461 e. The summed E-state index contributed by atoms with van der Waals surface area (Å²) in [4.78, 5) is 71.5. The Kier molecular flexibility index (Phi) is 14.1. The monoisotopic (exact) mass is 533 g/mol. The number of carbonyl (C=O) groups excluding carboxylic acids is 6. The molecule has 0 bridgehead atoms. The number of nitrogens with one attached hydrogen (secondary N) is 4. The summed E-state index contributed by atoms with van der Waals surface area (Å²) in [5.74, 6) is -2.06. The standard InChI is InChI=1S/C26H39N5O7/c1-16(2)23(31-22(34)9-5-7-17(3)32)25(36)30-21(8-6-14-28-26(27)37)24(35)29-20-12-10-19(11-13-20)15-38-18(4)33/h10-13,16,21,23H,5-9,14-15H2,1-4H3,(H,29,35)(H,30,36)(H,31,34)(H3,27,28,37)/t21-,23?/m0/s1. The quantitative estimate of drug-likeness (QED) is 0.157. The zero-order valence-electron chi connectivity index (χ0n) is 22.4. The normalized spacial score (nSPS) is 12.1. The topological polar surface area (TPSA) is 186 Å². The van der Waals surface area contributed by atoms with E-state index in [0.29, 0.717) is 18.5 Å². The molecule has 1 aromatic rings. The Balaban J connectivity index is 2.88. The molecule has 1 rings (SSSR count). The van der Waals surface area contributed by atoms with E-state index in [-0.39, 0.29) is 50.0 Å². The number of primary amides is 1. The Hall–Kier alpha value is -3.96. The fourth-order valence-corrected chi connectivity index (χ4v) is 3.43. The van der Waals surface area contributed by atoms with Gasteiger partial charge in [-0.25, -0.2) is 4.79 Å². The van der Waals surface area contributed by atoms with Gasteiger partial charge in [0, 0.05) is 32.0 Å². The fourth-order valence-electron chi connectivity index (χ4n) is 3.43. The van der Waals surface area contributed by atoms with Crippen LogP contribution in [0.25, 0.3) is 0 Å². The number of ketones is 1. The Labute approximate surface area is 222 Å². The average Bonchev–Trinajstić information content (AvgIpc) is 2.83. The van der Waals surface area contributed by atoms with E-state index < -0.39 is 35.9 Å². The SMILES string of the molecule is CC(=O)CCCC(=O)NC(C(=O)N[C@@H](CCCNC(N)=O)C(=O)Nc1ccc(COC(C)=O)cc1)C(C)C. The number of Topliss-reactive ketones (excluding diaryl/α,β-unsaturated/α-hetero) is 1. The lowest BCUT2D eigenvalue weighted by molar-refractivity contribution is -0.142. The van der Waals surface area contributed by atoms with Crippen molar-refractivity contribution in [1.82, 2.24) is 16.0 Å². The third kappa shape index (κ3) is 13.4. The summed E-state index contributed by atoms with van der Waals surface area (Å²) in [6.45, 7) is 6.61.